The van der Waals surface area contributed by atoms with Gasteiger partial charge in [-0.15, -0.1) is 0 Å². The van der Waals surface area contributed by atoms with Crippen LogP contribution in [0, 0.1) is 23.7 Å². The predicted octanol–water partition coefficient (Wildman–Crippen LogP) is 3.93. The van der Waals surface area contributed by atoms with Crippen LogP contribution in [0.3, 0.4) is 0 Å². The van der Waals surface area contributed by atoms with E-state index in [2.05, 4.69) is 4.98 Å². The minimum absolute atomic E-state index is 0.110. The number of carbonyl (C=O) groups excluding carboxylic acids is 2. The van der Waals surface area contributed by atoms with E-state index in [1.54, 1.807) is 6.92 Å². The SMILES string of the molecule is C[C@@](N)(Cc1c[nH]c2ccccc12)C(=O)OC(=O)OC1C2CC3CC(C2)CC1C3. The minimum atomic E-state index is -1.33. The maximum absolute atomic E-state index is 12.6. The normalized spacial score (nSPS) is 32.1. The molecule has 4 fully saturated rings. The molecule has 0 aliphatic heterocycles. The van der Waals surface area contributed by atoms with Gasteiger partial charge in [-0.2, -0.15) is 0 Å². The van der Waals surface area contributed by atoms with Crippen LogP contribution < -0.4 is 5.73 Å². The van der Waals surface area contributed by atoms with Crippen molar-refractivity contribution in [3.8, 4) is 0 Å². The fourth-order valence-electron chi connectivity index (χ4n) is 6.14. The van der Waals surface area contributed by atoms with Crippen LogP contribution in [0.2, 0.25) is 0 Å². The number of H-pyrrole nitrogens is 1. The maximum Gasteiger partial charge on any atom is 0.516 e. The van der Waals surface area contributed by atoms with E-state index < -0.39 is 17.7 Å². The van der Waals surface area contributed by atoms with Crippen LogP contribution in [-0.4, -0.2) is 28.8 Å². The first-order chi connectivity index (χ1) is 13.9. The third-order valence-electron chi connectivity index (χ3n) is 7.25. The quantitative estimate of drug-likeness (QED) is 0.603. The van der Waals surface area contributed by atoms with Gasteiger partial charge in [0.1, 0.15) is 11.6 Å². The standard InChI is InChI=1S/C23H28N2O4/c1-23(24,11-17-12-25-19-5-3-2-4-18(17)19)21(26)29-22(27)28-20-15-7-13-6-14(9-15)10-16(20)8-13/h2-5,12-16,20,25H,6-11,24H2,1H3/t13?,14?,15?,16?,20?,23-/m1/s1. The number of aromatic nitrogens is 1. The third kappa shape index (κ3) is 3.44. The molecule has 6 nitrogen and oxygen atoms in total. The van der Waals surface area contributed by atoms with Crippen LogP contribution >= 0.6 is 0 Å². The Morgan fingerprint density at radius 3 is 2.45 bits per heavy atom. The van der Waals surface area contributed by atoms with E-state index in [9.17, 15) is 9.59 Å². The van der Waals surface area contributed by atoms with Crippen molar-refractivity contribution in [2.24, 2.45) is 29.4 Å². The highest BCUT2D eigenvalue weighted by Gasteiger charge is 2.50. The fraction of sp³-hybridized carbons (Fsp3) is 0.565. The number of aromatic amines is 1. The number of hydrogen-bond donors (Lipinski definition) is 2. The molecular weight excluding hydrogens is 368 g/mol. The molecule has 3 N–H and O–H groups in total. The Kier molecular flexibility index (Phi) is 4.42. The van der Waals surface area contributed by atoms with Gasteiger partial charge in [-0.1, -0.05) is 18.2 Å². The predicted molar refractivity (Wildman–Crippen MR) is 108 cm³/mol. The van der Waals surface area contributed by atoms with Crippen molar-refractivity contribution in [1.82, 2.24) is 4.98 Å². The summed E-state index contributed by atoms with van der Waals surface area (Å²) in [6.07, 6.45) is 6.97. The van der Waals surface area contributed by atoms with Crippen molar-refractivity contribution in [3.05, 3.63) is 36.0 Å². The Balaban J connectivity index is 1.22. The van der Waals surface area contributed by atoms with Crippen LogP contribution in [0.25, 0.3) is 10.9 Å². The summed E-state index contributed by atoms with van der Waals surface area (Å²) >= 11 is 0. The lowest BCUT2D eigenvalue weighted by atomic mass is 9.55. The summed E-state index contributed by atoms with van der Waals surface area (Å²) in [6.45, 7) is 1.59. The summed E-state index contributed by atoms with van der Waals surface area (Å²) in [7, 11) is 0. The van der Waals surface area contributed by atoms with Gasteiger partial charge in [-0.05, 0) is 74.3 Å². The number of carbonyl (C=O) groups is 2. The van der Waals surface area contributed by atoms with Gasteiger partial charge in [-0.25, -0.2) is 9.59 Å². The first-order valence-electron chi connectivity index (χ1n) is 10.7. The topological polar surface area (TPSA) is 94.4 Å². The number of ether oxygens (including phenoxy) is 2. The molecule has 2 aromatic rings. The highest BCUT2D eigenvalue weighted by atomic mass is 16.7. The average molecular weight is 396 g/mol. The van der Waals surface area contributed by atoms with Gasteiger partial charge < -0.3 is 20.2 Å². The number of nitrogens with one attached hydrogen (secondary N) is 1. The summed E-state index contributed by atoms with van der Waals surface area (Å²) in [5.41, 5.74) is 6.81. The van der Waals surface area contributed by atoms with Gasteiger partial charge in [0.05, 0.1) is 0 Å². The Bertz CT molecular complexity index is 919. The smallest absolute Gasteiger partial charge is 0.430 e. The Labute approximate surface area is 170 Å². The van der Waals surface area contributed by atoms with Gasteiger partial charge >= 0.3 is 12.1 Å². The summed E-state index contributed by atoms with van der Waals surface area (Å²) in [4.78, 5) is 28.2. The minimum Gasteiger partial charge on any atom is -0.430 e. The molecule has 1 aromatic heterocycles. The second-order valence-corrected chi connectivity index (χ2v) is 9.61. The molecule has 0 radical (unpaired) electrons. The van der Waals surface area contributed by atoms with Gasteiger partial charge in [-0.3, -0.25) is 0 Å². The van der Waals surface area contributed by atoms with Crippen LogP contribution in [-0.2, 0) is 20.7 Å². The van der Waals surface area contributed by atoms with E-state index in [1.165, 1.54) is 6.42 Å². The van der Waals surface area contributed by atoms with Gasteiger partial charge in [0.25, 0.3) is 0 Å². The van der Waals surface area contributed by atoms with Gasteiger partial charge in [0.15, 0.2) is 0 Å². The number of nitrogens with two attached hydrogens (primary N) is 1. The first-order valence-corrected chi connectivity index (χ1v) is 10.7. The average Bonchev–Trinajstić information content (AvgIpc) is 3.06. The van der Waals surface area contributed by atoms with Crippen LogP contribution in [0.5, 0.6) is 0 Å². The second kappa shape index (κ2) is 6.87. The zero-order chi connectivity index (χ0) is 20.2. The lowest BCUT2D eigenvalue weighted by Gasteiger charge is -2.53. The molecule has 29 heavy (non-hydrogen) atoms. The molecule has 4 aliphatic rings. The highest BCUT2D eigenvalue weighted by Crippen LogP contribution is 2.54. The molecule has 0 amide bonds. The molecule has 0 saturated heterocycles. The molecule has 1 atom stereocenters. The van der Waals surface area contributed by atoms with E-state index >= 15 is 0 Å². The molecule has 0 unspecified atom stereocenters. The molecule has 6 rings (SSSR count). The molecule has 1 aromatic carbocycles. The second-order valence-electron chi connectivity index (χ2n) is 9.61. The number of rotatable bonds is 4. The Morgan fingerprint density at radius 2 is 1.76 bits per heavy atom. The fourth-order valence-corrected chi connectivity index (χ4v) is 6.14. The van der Waals surface area contributed by atoms with Crippen molar-refractivity contribution < 1.29 is 19.1 Å². The Morgan fingerprint density at radius 1 is 1.10 bits per heavy atom. The number of para-hydroxylation sites is 1. The molecule has 4 bridgehead atoms. The molecule has 1 heterocycles. The Hall–Kier alpha value is -2.34. The van der Waals surface area contributed by atoms with E-state index in [-0.39, 0.29) is 12.5 Å². The lowest BCUT2D eigenvalue weighted by molar-refractivity contribution is -0.151. The highest BCUT2D eigenvalue weighted by molar-refractivity contribution is 5.90. The van der Waals surface area contributed by atoms with Crippen molar-refractivity contribution in [2.75, 3.05) is 0 Å². The zero-order valence-electron chi connectivity index (χ0n) is 16.7. The van der Waals surface area contributed by atoms with Crippen LogP contribution in [0.1, 0.15) is 44.6 Å². The van der Waals surface area contributed by atoms with Crippen molar-refractivity contribution >= 4 is 23.0 Å². The summed E-state index contributed by atoms with van der Waals surface area (Å²) in [6, 6.07) is 7.82. The molecule has 0 spiro atoms. The monoisotopic (exact) mass is 396 g/mol. The van der Waals surface area contributed by atoms with E-state index in [0.29, 0.717) is 11.8 Å². The van der Waals surface area contributed by atoms with Gasteiger partial charge in [0.2, 0.25) is 0 Å². The lowest BCUT2D eigenvalue weighted by Crippen LogP contribution is -2.51. The summed E-state index contributed by atoms with van der Waals surface area (Å²) in [5, 5.41) is 1.01. The van der Waals surface area contributed by atoms with Crippen LogP contribution in [0.4, 0.5) is 4.79 Å². The molecule has 4 aliphatic carbocycles. The van der Waals surface area contributed by atoms with E-state index in [0.717, 1.165) is 54.0 Å². The van der Waals surface area contributed by atoms with Crippen LogP contribution in [0.15, 0.2) is 30.5 Å². The molecular formula is C23H28N2O4. The largest absolute Gasteiger partial charge is 0.516 e. The third-order valence-corrected chi connectivity index (χ3v) is 7.25. The van der Waals surface area contributed by atoms with Crippen molar-refractivity contribution in [2.45, 2.75) is 57.1 Å². The van der Waals surface area contributed by atoms with E-state index in [4.69, 9.17) is 15.2 Å². The maximum atomic E-state index is 12.6. The summed E-state index contributed by atoms with van der Waals surface area (Å²) in [5.74, 6) is 1.67. The number of hydrogen-bond acceptors (Lipinski definition) is 5. The summed E-state index contributed by atoms with van der Waals surface area (Å²) < 4.78 is 10.7. The first kappa shape index (κ1) is 18.7. The number of benzene rings is 1. The molecule has 4 saturated carbocycles. The number of fused-ring (bicyclic) bond motifs is 1. The van der Waals surface area contributed by atoms with Gasteiger partial charge in [0, 0.05) is 23.5 Å². The number of esters is 1. The molecule has 154 valence electrons. The van der Waals surface area contributed by atoms with Crippen molar-refractivity contribution in [1.29, 1.82) is 0 Å². The molecule has 6 heteroatoms. The van der Waals surface area contributed by atoms with Crippen molar-refractivity contribution in [3.63, 3.8) is 0 Å². The van der Waals surface area contributed by atoms with E-state index in [1.807, 2.05) is 30.5 Å². The zero-order valence-corrected chi connectivity index (χ0v) is 16.7.